The third-order valence-corrected chi connectivity index (χ3v) is 3.94. The topological polar surface area (TPSA) is 55.4 Å². The highest BCUT2D eigenvalue weighted by Gasteiger charge is 2.20. The molecule has 0 amide bonds. The summed E-state index contributed by atoms with van der Waals surface area (Å²) in [7, 11) is -1.70. The van der Waals surface area contributed by atoms with E-state index in [2.05, 4.69) is 4.72 Å². The van der Waals surface area contributed by atoms with E-state index in [0.29, 0.717) is 25.3 Å². The van der Waals surface area contributed by atoms with E-state index in [-0.39, 0.29) is 17.2 Å². The molecule has 0 fully saturated rings. The van der Waals surface area contributed by atoms with Crippen LogP contribution >= 0.6 is 11.6 Å². The summed E-state index contributed by atoms with van der Waals surface area (Å²) in [5.74, 6) is 0.550. The van der Waals surface area contributed by atoms with Crippen LogP contribution in [0, 0.1) is 5.41 Å². The molecule has 0 aromatic heterocycles. The summed E-state index contributed by atoms with van der Waals surface area (Å²) in [6.45, 7) is 6.41. The Morgan fingerprint density at radius 1 is 1.35 bits per heavy atom. The van der Waals surface area contributed by atoms with Crippen LogP contribution in [0.15, 0.2) is 0 Å². The largest absolute Gasteiger partial charge is 0.383 e. The number of hydrogen-bond acceptors (Lipinski definition) is 3. The Hall–Kier alpha value is 0.160. The molecule has 0 saturated heterocycles. The molecule has 0 aromatic rings. The molecule has 4 nitrogen and oxygen atoms in total. The van der Waals surface area contributed by atoms with E-state index in [1.54, 1.807) is 7.11 Å². The molecule has 0 aromatic carbocycles. The van der Waals surface area contributed by atoms with Crippen LogP contribution in [0.5, 0.6) is 0 Å². The molecule has 17 heavy (non-hydrogen) atoms. The molecule has 0 spiro atoms. The number of sulfonamides is 1. The van der Waals surface area contributed by atoms with Crippen molar-refractivity contribution in [2.45, 2.75) is 39.7 Å². The van der Waals surface area contributed by atoms with Gasteiger partial charge in [-0.2, -0.15) is 0 Å². The van der Waals surface area contributed by atoms with E-state index < -0.39 is 10.0 Å². The van der Waals surface area contributed by atoms with Gasteiger partial charge in [0.2, 0.25) is 10.0 Å². The third kappa shape index (κ3) is 9.83. The summed E-state index contributed by atoms with van der Waals surface area (Å²) in [6.07, 6.45) is 1.20. The standard InChI is InChI=1S/C11H24ClNO3S/c1-11(2,3)6-8-17(14,15)13-10(5-7-12)9-16-4/h10,13H,5-9H2,1-4H3. The summed E-state index contributed by atoms with van der Waals surface area (Å²) >= 11 is 5.62. The fourth-order valence-corrected chi connectivity index (χ4v) is 3.22. The molecule has 0 bridgehead atoms. The lowest BCUT2D eigenvalue weighted by Gasteiger charge is -2.20. The predicted molar refractivity (Wildman–Crippen MR) is 72.0 cm³/mol. The van der Waals surface area contributed by atoms with Gasteiger partial charge in [0.15, 0.2) is 0 Å². The van der Waals surface area contributed by atoms with Crippen LogP contribution in [-0.2, 0) is 14.8 Å². The lowest BCUT2D eigenvalue weighted by atomic mass is 9.94. The van der Waals surface area contributed by atoms with Crippen molar-refractivity contribution in [3.63, 3.8) is 0 Å². The van der Waals surface area contributed by atoms with Crippen LogP contribution in [0.2, 0.25) is 0 Å². The Morgan fingerprint density at radius 3 is 2.35 bits per heavy atom. The summed E-state index contributed by atoms with van der Waals surface area (Å²) < 4.78 is 31.2. The minimum absolute atomic E-state index is 0.0119. The number of ether oxygens (including phenoxy) is 1. The molecule has 0 aliphatic heterocycles. The Labute approximate surface area is 110 Å². The van der Waals surface area contributed by atoms with Crippen molar-refractivity contribution in [3.05, 3.63) is 0 Å². The molecule has 0 aliphatic carbocycles. The monoisotopic (exact) mass is 285 g/mol. The molecule has 1 atom stereocenters. The average molecular weight is 286 g/mol. The first kappa shape index (κ1) is 17.2. The van der Waals surface area contributed by atoms with Gasteiger partial charge in [-0.25, -0.2) is 13.1 Å². The number of nitrogens with one attached hydrogen (secondary N) is 1. The molecular weight excluding hydrogens is 262 g/mol. The molecule has 0 radical (unpaired) electrons. The Kier molecular flexibility index (Phi) is 7.63. The smallest absolute Gasteiger partial charge is 0.211 e. The van der Waals surface area contributed by atoms with Crippen molar-refractivity contribution in [2.75, 3.05) is 25.3 Å². The van der Waals surface area contributed by atoms with E-state index in [1.165, 1.54) is 0 Å². The zero-order valence-electron chi connectivity index (χ0n) is 11.1. The quantitative estimate of drug-likeness (QED) is 0.694. The van der Waals surface area contributed by atoms with Crippen molar-refractivity contribution < 1.29 is 13.2 Å². The highest BCUT2D eigenvalue weighted by atomic mass is 35.5. The van der Waals surface area contributed by atoms with Crippen LogP contribution in [0.4, 0.5) is 0 Å². The second-order valence-corrected chi connectivity index (χ2v) is 7.63. The zero-order chi connectivity index (χ0) is 13.5. The third-order valence-electron chi connectivity index (χ3n) is 2.29. The van der Waals surface area contributed by atoms with Gasteiger partial charge in [0.1, 0.15) is 0 Å². The molecule has 0 heterocycles. The van der Waals surface area contributed by atoms with E-state index in [0.717, 1.165) is 0 Å². The minimum atomic E-state index is -3.25. The van der Waals surface area contributed by atoms with Crippen LogP contribution in [0.25, 0.3) is 0 Å². The normalized spacial score (nSPS) is 14.9. The van der Waals surface area contributed by atoms with Gasteiger partial charge in [0.05, 0.1) is 12.4 Å². The first-order valence-corrected chi connectivity index (χ1v) is 7.94. The maximum absolute atomic E-state index is 11.8. The van der Waals surface area contributed by atoms with Crippen molar-refractivity contribution in [2.24, 2.45) is 5.41 Å². The number of hydrogen-bond donors (Lipinski definition) is 1. The van der Waals surface area contributed by atoms with Crippen LogP contribution in [0.3, 0.4) is 0 Å². The van der Waals surface area contributed by atoms with Gasteiger partial charge in [0, 0.05) is 19.0 Å². The predicted octanol–water partition coefficient (Wildman–Crippen LogP) is 1.99. The number of methoxy groups -OCH3 is 1. The number of rotatable bonds is 8. The number of halogens is 1. The fraction of sp³-hybridized carbons (Fsp3) is 1.00. The van der Waals surface area contributed by atoms with Crippen molar-refractivity contribution in [1.29, 1.82) is 0 Å². The van der Waals surface area contributed by atoms with Gasteiger partial charge in [-0.3, -0.25) is 0 Å². The van der Waals surface area contributed by atoms with Crippen molar-refractivity contribution in [1.82, 2.24) is 4.72 Å². The van der Waals surface area contributed by atoms with Crippen molar-refractivity contribution in [3.8, 4) is 0 Å². The lowest BCUT2D eigenvalue weighted by Crippen LogP contribution is -2.40. The number of alkyl halides is 1. The molecule has 104 valence electrons. The Morgan fingerprint density at radius 2 is 1.94 bits per heavy atom. The van der Waals surface area contributed by atoms with Gasteiger partial charge >= 0.3 is 0 Å². The molecule has 0 saturated carbocycles. The molecule has 1 N–H and O–H groups in total. The Balaban J connectivity index is 4.30. The van der Waals surface area contributed by atoms with Gasteiger partial charge in [0.25, 0.3) is 0 Å². The van der Waals surface area contributed by atoms with Crippen LogP contribution < -0.4 is 4.72 Å². The van der Waals surface area contributed by atoms with Gasteiger partial charge in [-0.05, 0) is 18.3 Å². The molecule has 0 rings (SSSR count). The lowest BCUT2D eigenvalue weighted by molar-refractivity contribution is 0.173. The molecule has 0 aliphatic rings. The van der Waals surface area contributed by atoms with E-state index in [9.17, 15) is 8.42 Å². The first-order chi connectivity index (χ1) is 7.70. The van der Waals surface area contributed by atoms with Gasteiger partial charge in [-0.1, -0.05) is 20.8 Å². The molecule has 1 unspecified atom stereocenters. The van der Waals surface area contributed by atoms with Crippen LogP contribution in [0.1, 0.15) is 33.6 Å². The summed E-state index contributed by atoms with van der Waals surface area (Å²) in [4.78, 5) is 0. The summed E-state index contributed by atoms with van der Waals surface area (Å²) in [6, 6.07) is -0.234. The maximum atomic E-state index is 11.8. The average Bonchev–Trinajstić information content (AvgIpc) is 2.14. The van der Waals surface area contributed by atoms with E-state index in [4.69, 9.17) is 16.3 Å². The van der Waals surface area contributed by atoms with E-state index in [1.807, 2.05) is 20.8 Å². The van der Waals surface area contributed by atoms with Crippen molar-refractivity contribution >= 4 is 21.6 Å². The first-order valence-electron chi connectivity index (χ1n) is 5.75. The highest BCUT2D eigenvalue weighted by molar-refractivity contribution is 7.89. The Bertz CT molecular complexity index is 292. The van der Waals surface area contributed by atoms with Gasteiger partial charge < -0.3 is 4.74 Å². The maximum Gasteiger partial charge on any atom is 0.211 e. The molecular formula is C11H24ClNO3S. The SMILES string of the molecule is COCC(CCCl)NS(=O)(=O)CCC(C)(C)C. The summed E-state index contributed by atoms with van der Waals surface area (Å²) in [5.41, 5.74) is 0.0119. The second kappa shape index (κ2) is 7.56. The second-order valence-electron chi connectivity index (χ2n) is 5.38. The van der Waals surface area contributed by atoms with E-state index >= 15 is 0 Å². The minimum Gasteiger partial charge on any atom is -0.383 e. The van der Waals surface area contributed by atoms with Gasteiger partial charge in [-0.15, -0.1) is 11.6 Å². The summed E-state index contributed by atoms with van der Waals surface area (Å²) in [5, 5.41) is 0. The zero-order valence-corrected chi connectivity index (χ0v) is 12.7. The highest BCUT2D eigenvalue weighted by Crippen LogP contribution is 2.19. The fourth-order valence-electron chi connectivity index (χ4n) is 1.26. The van der Waals surface area contributed by atoms with Crippen LogP contribution in [-0.4, -0.2) is 39.8 Å². The molecule has 6 heteroatoms.